The van der Waals surface area contributed by atoms with Crippen LogP contribution in [-0.4, -0.2) is 30.4 Å². The monoisotopic (exact) mass is 336 g/mol. The molecule has 0 bridgehead atoms. The van der Waals surface area contributed by atoms with Crippen molar-refractivity contribution in [1.82, 2.24) is 10.6 Å². The van der Waals surface area contributed by atoms with Crippen molar-refractivity contribution >= 4 is 17.6 Å². The molecule has 1 unspecified atom stereocenters. The van der Waals surface area contributed by atoms with Crippen LogP contribution in [0.2, 0.25) is 5.02 Å². The number of urea groups is 1. The van der Waals surface area contributed by atoms with Crippen molar-refractivity contribution in [3.05, 3.63) is 28.8 Å². The van der Waals surface area contributed by atoms with Gasteiger partial charge in [-0.25, -0.2) is 4.79 Å². The summed E-state index contributed by atoms with van der Waals surface area (Å²) in [6.45, 7) is -1.11. The highest BCUT2D eigenvalue weighted by Crippen LogP contribution is 2.24. The number of hydrogen-bond donors (Lipinski definition) is 3. The lowest BCUT2D eigenvalue weighted by molar-refractivity contribution is -0.0504. The van der Waals surface area contributed by atoms with Gasteiger partial charge >= 0.3 is 12.6 Å². The van der Waals surface area contributed by atoms with Crippen molar-refractivity contribution in [3.8, 4) is 5.75 Å². The Balaban J connectivity index is 2.62. The molecule has 0 saturated heterocycles. The van der Waals surface area contributed by atoms with E-state index in [0.717, 1.165) is 0 Å². The second kappa shape index (κ2) is 9.42. The molecule has 8 heteroatoms. The smallest absolute Gasteiger partial charge is 0.387 e. The highest BCUT2D eigenvalue weighted by molar-refractivity contribution is 6.30. The van der Waals surface area contributed by atoms with Gasteiger partial charge in [-0.3, -0.25) is 0 Å². The molecule has 124 valence electrons. The van der Waals surface area contributed by atoms with E-state index in [2.05, 4.69) is 15.4 Å². The number of aliphatic hydroxyl groups excluding tert-OH is 1. The summed E-state index contributed by atoms with van der Waals surface area (Å²) in [6.07, 6.45) is 1.12. The van der Waals surface area contributed by atoms with E-state index >= 15 is 0 Å². The topological polar surface area (TPSA) is 70.6 Å². The third kappa shape index (κ3) is 6.44. The SMILES string of the molecule is CCC(CCO)NC(=O)NCc1cc(Cl)ccc1OC(F)F. The third-order valence-corrected chi connectivity index (χ3v) is 3.22. The average molecular weight is 337 g/mol. The second-order valence-corrected chi connectivity index (χ2v) is 5.01. The normalized spacial score (nSPS) is 12.1. The van der Waals surface area contributed by atoms with E-state index in [4.69, 9.17) is 16.7 Å². The number of nitrogens with one attached hydrogen (secondary N) is 2. The van der Waals surface area contributed by atoms with E-state index in [1.54, 1.807) is 0 Å². The Hall–Kier alpha value is -1.60. The summed E-state index contributed by atoms with van der Waals surface area (Å²) >= 11 is 5.82. The summed E-state index contributed by atoms with van der Waals surface area (Å²) in [5.74, 6) is -0.0397. The van der Waals surface area contributed by atoms with Crippen LogP contribution in [0.3, 0.4) is 0 Å². The Morgan fingerprint density at radius 3 is 2.77 bits per heavy atom. The molecule has 0 aliphatic rings. The van der Waals surface area contributed by atoms with Gasteiger partial charge in [0.05, 0.1) is 0 Å². The van der Waals surface area contributed by atoms with Gasteiger partial charge in [-0.2, -0.15) is 8.78 Å². The van der Waals surface area contributed by atoms with Crippen molar-refractivity contribution in [3.63, 3.8) is 0 Å². The van der Waals surface area contributed by atoms with Gasteiger partial charge in [0.25, 0.3) is 0 Å². The number of halogens is 3. The minimum absolute atomic E-state index is 0.00991. The van der Waals surface area contributed by atoms with E-state index in [1.165, 1.54) is 18.2 Å². The first-order chi connectivity index (χ1) is 10.5. The Bertz CT molecular complexity index is 489. The molecular formula is C14H19ClF2N2O3. The van der Waals surface area contributed by atoms with Crippen molar-refractivity contribution in [2.75, 3.05) is 6.61 Å². The highest BCUT2D eigenvalue weighted by atomic mass is 35.5. The zero-order chi connectivity index (χ0) is 16.5. The summed E-state index contributed by atoms with van der Waals surface area (Å²) in [6, 6.07) is 3.59. The Kier molecular flexibility index (Phi) is 7.90. The van der Waals surface area contributed by atoms with Crippen LogP contribution >= 0.6 is 11.6 Å². The molecule has 1 aromatic rings. The third-order valence-electron chi connectivity index (χ3n) is 2.98. The van der Waals surface area contributed by atoms with Crippen molar-refractivity contribution in [1.29, 1.82) is 0 Å². The lowest BCUT2D eigenvalue weighted by Crippen LogP contribution is -2.42. The van der Waals surface area contributed by atoms with Crippen LogP contribution in [0.15, 0.2) is 18.2 Å². The molecule has 22 heavy (non-hydrogen) atoms. The molecule has 2 amide bonds. The Morgan fingerprint density at radius 1 is 1.45 bits per heavy atom. The van der Waals surface area contributed by atoms with Gasteiger partial charge in [0.15, 0.2) is 0 Å². The molecule has 0 aliphatic heterocycles. The van der Waals surface area contributed by atoms with E-state index in [-0.39, 0.29) is 24.9 Å². The summed E-state index contributed by atoms with van der Waals surface area (Å²) < 4.78 is 29.0. The van der Waals surface area contributed by atoms with Gasteiger partial charge in [-0.15, -0.1) is 0 Å². The van der Waals surface area contributed by atoms with Crippen LogP contribution in [0.1, 0.15) is 25.3 Å². The quantitative estimate of drug-likeness (QED) is 0.683. The molecule has 3 N–H and O–H groups in total. The summed E-state index contributed by atoms with van der Waals surface area (Å²) in [5, 5.41) is 14.4. The van der Waals surface area contributed by atoms with Crippen LogP contribution in [0.25, 0.3) is 0 Å². The zero-order valence-electron chi connectivity index (χ0n) is 12.1. The first kappa shape index (κ1) is 18.4. The molecule has 1 atom stereocenters. The maximum absolute atomic E-state index is 12.3. The highest BCUT2D eigenvalue weighted by Gasteiger charge is 2.13. The molecule has 0 aromatic heterocycles. The lowest BCUT2D eigenvalue weighted by atomic mass is 10.1. The minimum atomic E-state index is -2.96. The van der Waals surface area contributed by atoms with Crippen LogP contribution in [0, 0.1) is 0 Å². The van der Waals surface area contributed by atoms with Crippen LogP contribution in [0.4, 0.5) is 13.6 Å². The molecule has 0 saturated carbocycles. The number of benzene rings is 1. The van der Waals surface area contributed by atoms with Crippen molar-refractivity contribution in [2.24, 2.45) is 0 Å². The van der Waals surface area contributed by atoms with Crippen molar-refractivity contribution in [2.45, 2.75) is 39.0 Å². The number of rotatable bonds is 8. The Morgan fingerprint density at radius 2 is 2.18 bits per heavy atom. The molecule has 0 heterocycles. The van der Waals surface area contributed by atoms with Gasteiger partial charge in [-0.1, -0.05) is 18.5 Å². The fraction of sp³-hybridized carbons (Fsp3) is 0.500. The lowest BCUT2D eigenvalue weighted by Gasteiger charge is -2.17. The largest absolute Gasteiger partial charge is 0.434 e. The number of ether oxygens (including phenoxy) is 1. The molecule has 0 radical (unpaired) electrons. The number of carbonyl (C=O) groups is 1. The zero-order valence-corrected chi connectivity index (χ0v) is 12.9. The standard InChI is InChI=1S/C14H19ClF2N2O3/c1-2-11(5-6-20)19-14(21)18-8-9-7-10(15)3-4-12(9)22-13(16)17/h3-4,7,11,13,20H,2,5-6,8H2,1H3,(H2,18,19,21). The van der Waals surface area contributed by atoms with E-state index < -0.39 is 12.6 Å². The number of aliphatic hydroxyl groups is 1. The maximum atomic E-state index is 12.3. The number of hydrogen-bond acceptors (Lipinski definition) is 3. The summed E-state index contributed by atoms with van der Waals surface area (Å²) in [7, 11) is 0. The van der Waals surface area contributed by atoms with Gasteiger partial charge in [0.2, 0.25) is 0 Å². The second-order valence-electron chi connectivity index (χ2n) is 4.58. The minimum Gasteiger partial charge on any atom is -0.434 e. The number of alkyl halides is 2. The molecule has 1 aromatic carbocycles. The fourth-order valence-electron chi connectivity index (χ4n) is 1.84. The molecule has 0 fully saturated rings. The summed E-state index contributed by atoms with van der Waals surface area (Å²) in [5.41, 5.74) is 0.346. The fourth-order valence-corrected chi connectivity index (χ4v) is 2.04. The summed E-state index contributed by atoms with van der Waals surface area (Å²) in [4.78, 5) is 11.8. The van der Waals surface area contributed by atoms with Gasteiger partial charge in [0, 0.05) is 29.8 Å². The van der Waals surface area contributed by atoms with Gasteiger partial charge in [-0.05, 0) is 31.0 Å². The van der Waals surface area contributed by atoms with E-state index in [0.29, 0.717) is 23.4 Å². The van der Waals surface area contributed by atoms with Crippen LogP contribution in [-0.2, 0) is 6.54 Å². The first-order valence-electron chi connectivity index (χ1n) is 6.84. The van der Waals surface area contributed by atoms with Gasteiger partial charge in [0.1, 0.15) is 5.75 Å². The molecule has 5 nitrogen and oxygen atoms in total. The number of carbonyl (C=O) groups excluding carboxylic acids is 1. The first-order valence-corrected chi connectivity index (χ1v) is 7.22. The number of amides is 2. The predicted octanol–water partition coefficient (Wildman–Crippen LogP) is 2.90. The van der Waals surface area contributed by atoms with E-state index in [9.17, 15) is 13.6 Å². The van der Waals surface area contributed by atoms with Gasteiger partial charge < -0.3 is 20.5 Å². The molecule has 0 aliphatic carbocycles. The van der Waals surface area contributed by atoms with Crippen LogP contribution < -0.4 is 15.4 Å². The Labute approximate surface area is 132 Å². The van der Waals surface area contributed by atoms with E-state index in [1.807, 2.05) is 6.92 Å². The molecular weight excluding hydrogens is 318 g/mol. The maximum Gasteiger partial charge on any atom is 0.387 e. The van der Waals surface area contributed by atoms with Crippen LogP contribution in [0.5, 0.6) is 5.75 Å². The van der Waals surface area contributed by atoms with Crippen molar-refractivity contribution < 1.29 is 23.4 Å². The molecule has 0 spiro atoms. The predicted molar refractivity (Wildman–Crippen MR) is 79.2 cm³/mol. The molecule has 1 rings (SSSR count). The average Bonchev–Trinajstić information content (AvgIpc) is 2.46.